The van der Waals surface area contributed by atoms with Crippen LogP contribution in [0.5, 0.6) is 0 Å². The van der Waals surface area contributed by atoms with Crippen molar-refractivity contribution in [1.29, 1.82) is 0 Å². The van der Waals surface area contributed by atoms with Crippen LogP contribution in [0.3, 0.4) is 0 Å². The van der Waals surface area contributed by atoms with Gasteiger partial charge >= 0.3 is 6.18 Å². The molecule has 0 aliphatic carbocycles. The summed E-state index contributed by atoms with van der Waals surface area (Å²) in [4.78, 5) is 3.62. The molecule has 0 aliphatic heterocycles. The number of halogens is 3. The number of aliphatic hydroxyl groups is 1. The molecule has 0 aliphatic rings. The van der Waals surface area contributed by atoms with Crippen LogP contribution in [0.4, 0.5) is 13.2 Å². The van der Waals surface area contributed by atoms with E-state index in [4.69, 9.17) is 5.11 Å². The third-order valence-corrected chi connectivity index (χ3v) is 1.96. The van der Waals surface area contributed by atoms with Crippen molar-refractivity contribution in [3.63, 3.8) is 0 Å². The first-order chi connectivity index (χ1) is 6.46. The Labute approximate surface area is 79.4 Å². The van der Waals surface area contributed by atoms with E-state index in [9.17, 15) is 13.2 Å². The fourth-order valence-corrected chi connectivity index (χ4v) is 1.16. The van der Waals surface area contributed by atoms with Crippen LogP contribution in [0.15, 0.2) is 18.5 Å². The number of nitrogens with zero attached hydrogens (tertiary/aromatic N) is 1. The molecule has 5 heteroatoms. The van der Waals surface area contributed by atoms with Gasteiger partial charge in [0.1, 0.15) is 0 Å². The van der Waals surface area contributed by atoms with Gasteiger partial charge in [-0.3, -0.25) is 4.98 Å². The van der Waals surface area contributed by atoms with Crippen LogP contribution >= 0.6 is 0 Å². The average Bonchev–Trinajstić information content (AvgIpc) is 2.15. The second-order valence-electron chi connectivity index (χ2n) is 3.04. The van der Waals surface area contributed by atoms with Crippen LogP contribution in [-0.4, -0.2) is 16.7 Å². The summed E-state index contributed by atoms with van der Waals surface area (Å²) in [7, 11) is 0. The van der Waals surface area contributed by atoms with E-state index in [0.717, 1.165) is 18.5 Å². The summed E-state index contributed by atoms with van der Waals surface area (Å²) in [5.41, 5.74) is -0.698. The number of rotatable bonds is 2. The maximum Gasteiger partial charge on any atom is 0.416 e. The van der Waals surface area contributed by atoms with Gasteiger partial charge in [0.15, 0.2) is 0 Å². The SMILES string of the molecule is CC(CO)c1cnccc1C(F)(F)F. The molecule has 0 saturated carbocycles. The van der Waals surface area contributed by atoms with Gasteiger partial charge in [-0.2, -0.15) is 13.2 Å². The summed E-state index contributed by atoms with van der Waals surface area (Å²) >= 11 is 0. The minimum absolute atomic E-state index is 0.0301. The predicted molar refractivity (Wildman–Crippen MR) is 44.7 cm³/mol. The van der Waals surface area contributed by atoms with E-state index in [2.05, 4.69) is 4.98 Å². The zero-order chi connectivity index (χ0) is 10.8. The van der Waals surface area contributed by atoms with Gasteiger partial charge < -0.3 is 5.11 Å². The van der Waals surface area contributed by atoms with Crippen LogP contribution in [0, 0.1) is 0 Å². The molecule has 1 aromatic rings. The largest absolute Gasteiger partial charge is 0.416 e. The van der Waals surface area contributed by atoms with Gasteiger partial charge in [-0.05, 0) is 11.6 Å². The smallest absolute Gasteiger partial charge is 0.396 e. The Hall–Kier alpha value is -1.10. The molecule has 0 aromatic carbocycles. The molecule has 1 aromatic heterocycles. The molecule has 14 heavy (non-hydrogen) atoms. The molecule has 1 unspecified atom stereocenters. The number of alkyl halides is 3. The molecule has 2 nitrogen and oxygen atoms in total. The topological polar surface area (TPSA) is 33.1 Å². The van der Waals surface area contributed by atoms with Gasteiger partial charge in [0.05, 0.1) is 5.56 Å². The maximum atomic E-state index is 12.4. The van der Waals surface area contributed by atoms with Crippen LogP contribution in [0.1, 0.15) is 24.0 Å². The van der Waals surface area contributed by atoms with Crippen molar-refractivity contribution >= 4 is 0 Å². The van der Waals surface area contributed by atoms with E-state index in [0.29, 0.717) is 0 Å². The van der Waals surface area contributed by atoms with Gasteiger partial charge in [-0.25, -0.2) is 0 Å². The third-order valence-electron chi connectivity index (χ3n) is 1.96. The Morgan fingerprint density at radius 2 is 2.14 bits per heavy atom. The number of aromatic nitrogens is 1. The second kappa shape index (κ2) is 3.96. The van der Waals surface area contributed by atoms with Crippen molar-refractivity contribution in [2.75, 3.05) is 6.61 Å². The van der Waals surface area contributed by atoms with Crippen molar-refractivity contribution < 1.29 is 18.3 Å². The first kappa shape index (κ1) is 11.0. The first-order valence-corrected chi connectivity index (χ1v) is 4.08. The highest BCUT2D eigenvalue weighted by Gasteiger charge is 2.34. The first-order valence-electron chi connectivity index (χ1n) is 4.08. The van der Waals surface area contributed by atoms with Crippen molar-refractivity contribution in [1.82, 2.24) is 4.98 Å². The molecule has 1 atom stereocenters. The lowest BCUT2D eigenvalue weighted by Gasteiger charge is -2.15. The molecule has 1 heterocycles. The Balaban J connectivity index is 3.16. The highest BCUT2D eigenvalue weighted by Crippen LogP contribution is 2.34. The summed E-state index contributed by atoms with van der Waals surface area (Å²) in [6.07, 6.45) is -2.15. The fourth-order valence-electron chi connectivity index (χ4n) is 1.16. The maximum absolute atomic E-state index is 12.4. The highest BCUT2D eigenvalue weighted by molar-refractivity contribution is 5.29. The van der Waals surface area contributed by atoms with Crippen LogP contribution < -0.4 is 0 Å². The summed E-state index contributed by atoms with van der Waals surface area (Å²) in [5, 5.41) is 8.78. The summed E-state index contributed by atoms with van der Waals surface area (Å²) in [6, 6.07) is 0.918. The van der Waals surface area contributed by atoms with Gasteiger partial charge in [-0.1, -0.05) is 6.92 Å². The Bertz CT molecular complexity index is 311. The Morgan fingerprint density at radius 1 is 1.50 bits per heavy atom. The zero-order valence-electron chi connectivity index (χ0n) is 7.54. The van der Waals surface area contributed by atoms with Gasteiger partial charge in [0.25, 0.3) is 0 Å². The van der Waals surface area contributed by atoms with E-state index in [1.807, 2.05) is 0 Å². The molecule has 78 valence electrons. The third kappa shape index (κ3) is 2.23. The summed E-state index contributed by atoms with van der Waals surface area (Å²) in [6.45, 7) is 1.20. The number of hydrogen-bond acceptors (Lipinski definition) is 2. The number of aliphatic hydroxyl groups excluding tert-OH is 1. The van der Waals surface area contributed by atoms with Crippen molar-refractivity contribution in [3.05, 3.63) is 29.6 Å². The quantitative estimate of drug-likeness (QED) is 0.802. The zero-order valence-corrected chi connectivity index (χ0v) is 7.54. The van der Waals surface area contributed by atoms with Crippen LogP contribution in [0.2, 0.25) is 0 Å². The minimum Gasteiger partial charge on any atom is -0.396 e. The number of pyridine rings is 1. The normalized spacial score (nSPS) is 14.1. The molecule has 1 N–H and O–H groups in total. The molecule has 0 amide bonds. The van der Waals surface area contributed by atoms with E-state index in [-0.39, 0.29) is 12.2 Å². The number of hydrogen-bond donors (Lipinski definition) is 1. The summed E-state index contributed by atoms with van der Waals surface area (Å²) in [5.74, 6) is -0.555. The summed E-state index contributed by atoms with van der Waals surface area (Å²) < 4.78 is 37.3. The molecule has 0 spiro atoms. The van der Waals surface area contributed by atoms with Gasteiger partial charge in [0, 0.05) is 24.9 Å². The van der Waals surface area contributed by atoms with Crippen molar-refractivity contribution in [3.8, 4) is 0 Å². The van der Waals surface area contributed by atoms with Crippen LogP contribution in [-0.2, 0) is 6.18 Å². The lowest BCUT2D eigenvalue weighted by molar-refractivity contribution is -0.138. The van der Waals surface area contributed by atoms with E-state index in [1.54, 1.807) is 0 Å². The average molecular weight is 205 g/mol. The monoisotopic (exact) mass is 205 g/mol. The Morgan fingerprint density at radius 3 is 2.64 bits per heavy atom. The Kier molecular flexibility index (Phi) is 3.10. The molecular weight excluding hydrogens is 195 g/mol. The molecule has 0 saturated heterocycles. The van der Waals surface area contributed by atoms with E-state index in [1.165, 1.54) is 6.92 Å². The molecule has 1 rings (SSSR count). The minimum atomic E-state index is -4.39. The standard InChI is InChI=1S/C9H10F3NO/c1-6(5-14)7-4-13-3-2-8(7)9(10,11)12/h2-4,6,14H,5H2,1H3. The predicted octanol–water partition coefficient (Wildman–Crippen LogP) is 2.20. The molecule has 0 radical (unpaired) electrons. The fraction of sp³-hybridized carbons (Fsp3) is 0.444. The molecular formula is C9H10F3NO. The van der Waals surface area contributed by atoms with Crippen molar-refractivity contribution in [2.45, 2.75) is 19.0 Å². The molecule has 0 fully saturated rings. The lowest BCUT2D eigenvalue weighted by atomic mass is 9.98. The van der Waals surface area contributed by atoms with E-state index < -0.39 is 17.7 Å². The van der Waals surface area contributed by atoms with E-state index >= 15 is 0 Å². The van der Waals surface area contributed by atoms with Crippen LogP contribution in [0.25, 0.3) is 0 Å². The lowest BCUT2D eigenvalue weighted by Crippen LogP contribution is -2.12. The molecule has 0 bridgehead atoms. The van der Waals surface area contributed by atoms with Crippen molar-refractivity contribution in [2.24, 2.45) is 0 Å². The van der Waals surface area contributed by atoms with Gasteiger partial charge in [-0.15, -0.1) is 0 Å². The highest BCUT2D eigenvalue weighted by atomic mass is 19.4. The second-order valence-corrected chi connectivity index (χ2v) is 3.04. The van der Waals surface area contributed by atoms with Gasteiger partial charge in [0.2, 0.25) is 0 Å².